The Kier molecular flexibility index (Phi) is 6.14. The second-order valence-electron chi connectivity index (χ2n) is 8.68. The van der Waals surface area contributed by atoms with E-state index in [-0.39, 0.29) is 0 Å². The highest BCUT2D eigenvalue weighted by Gasteiger charge is 2.59. The molecule has 140 valence electrons. The van der Waals surface area contributed by atoms with Gasteiger partial charge >= 0.3 is 0 Å². The molecular weight excluding hydrogens is 331 g/mol. The van der Waals surface area contributed by atoms with Gasteiger partial charge in [0.05, 0.1) is 0 Å². The summed E-state index contributed by atoms with van der Waals surface area (Å²) in [5.41, 5.74) is 0. The van der Waals surface area contributed by atoms with E-state index < -0.39 is 23.4 Å². The van der Waals surface area contributed by atoms with Crippen LogP contribution in [0.2, 0.25) is 0 Å². The molecule has 0 atom stereocenters. The van der Waals surface area contributed by atoms with E-state index in [9.17, 15) is 14.4 Å². The molecule has 4 heteroatoms. The van der Waals surface area contributed by atoms with Crippen molar-refractivity contribution >= 4 is 26.8 Å². The van der Waals surface area contributed by atoms with Gasteiger partial charge in [0.2, 0.25) is 0 Å². The van der Waals surface area contributed by atoms with Crippen LogP contribution >= 0.6 is 7.92 Å². The van der Waals surface area contributed by atoms with Crippen molar-refractivity contribution < 1.29 is 14.4 Å². The zero-order chi connectivity index (χ0) is 17.8. The lowest BCUT2D eigenvalue weighted by Gasteiger charge is -2.57. The lowest BCUT2D eigenvalue weighted by molar-refractivity contribution is -0.111. The van der Waals surface area contributed by atoms with Gasteiger partial charge in [-0.25, -0.2) is 0 Å². The van der Waals surface area contributed by atoms with Crippen molar-refractivity contribution in [3.8, 4) is 0 Å². The van der Waals surface area contributed by atoms with Crippen molar-refractivity contribution in [2.45, 2.75) is 112 Å². The number of aldehydes is 3. The van der Waals surface area contributed by atoms with Gasteiger partial charge in [0, 0.05) is 15.5 Å². The first-order valence-electron chi connectivity index (χ1n) is 10.4. The van der Waals surface area contributed by atoms with Crippen molar-refractivity contribution in [1.29, 1.82) is 0 Å². The Labute approximate surface area is 153 Å². The molecule has 3 saturated carbocycles. The van der Waals surface area contributed by atoms with Crippen LogP contribution in [0.25, 0.3) is 0 Å². The van der Waals surface area contributed by atoms with Crippen LogP contribution in [0, 0.1) is 0 Å². The molecule has 3 rings (SSSR count). The summed E-state index contributed by atoms with van der Waals surface area (Å²) in [5, 5.41) is -1.20. The number of carbonyl (C=O) groups is 3. The van der Waals surface area contributed by atoms with E-state index >= 15 is 0 Å². The van der Waals surface area contributed by atoms with Gasteiger partial charge < -0.3 is 14.4 Å². The fraction of sp³-hybridized carbons (Fsp3) is 0.857. The highest BCUT2D eigenvalue weighted by molar-refractivity contribution is 7.65. The van der Waals surface area contributed by atoms with Gasteiger partial charge in [-0.2, -0.15) is 0 Å². The Hall–Kier alpha value is -0.560. The molecule has 0 aromatic carbocycles. The molecule has 0 saturated heterocycles. The minimum absolute atomic E-state index is 0.399. The van der Waals surface area contributed by atoms with E-state index in [4.69, 9.17) is 0 Å². The van der Waals surface area contributed by atoms with Crippen LogP contribution in [0.4, 0.5) is 0 Å². The monoisotopic (exact) mass is 364 g/mol. The second kappa shape index (κ2) is 7.99. The molecule has 3 fully saturated rings. The van der Waals surface area contributed by atoms with Crippen LogP contribution in [0.5, 0.6) is 0 Å². The molecule has 0 aromatic heterocycles. The summed E-state index contributed by atoms with van der Waals surface area (Å²) >= 11 is 0. The van der Waals surface area contributed by atoms with E-state index in [1.807, 2.05) is 0 Å². The van der Waals surface area contributed by atoms with Gasteiger partial charge in [-0.3, -0.25) is 0 Å². The summed E-state index contributed by atoms with van der Waals surface area (Å²) in [5.74, 6) is 0. The van der Waals surface area contributed by atoms with Crippen LogP contribution in [0.1, 0.15) is 96.3 Å². The van der Waals surface area contributed by atoms with E-state index in [1.165, 1.54) is 38.1 Å². The van der Waals surface area contributed by atoms with Crippen LogP contribution in [-0.2, 0) is 14.4 Å². The van der Waals surface area contributed by atoms with Crippen LogP contribution in [-0.4, -0.2) is 34.3 Å². The van der Waals surface area contributed by atoms with Crippen LogP contribution in [0.15, 0.2) is 0 Å². The molecule has 0 unspecified atom stereocenters. The lowest BCUT2D eigenvalue weighted by Crippen LogP contribution is -2.52. The smallest absolute Gasteiger partial charge is 0.130 e. The zero-order valence-corrected chi connectivity index (χ0v) is 16.4. The zero-order valence-electron chi connectivity index (χ0n) is 15.5. The number of carbonyl (C=O) groups excluding carboxylic acids is 3. The minimum atomic E-state index is -0.972. The SMILES string of the molecule is O=CC1(P(C2(C=O)CCCCC2)C2(C=O)CCCCC2)CCCCC1. The molecule has 0 aliphatic heterocycles. The molecule has 0 bridgehead atoms. The molecule has 3 aliphatic carbocycles. The van der Waals surface area contributed by atoms with E-state index in [2.05, 4.69) is 0 Å². The molecule has 0 radical (unpaired) electrons. The Morgan fingerprint density at radius 1 is 0.440 bits per heavy atom. The quantitative estimate of drug-likeness (QED) is 0.482. The minimum Gasteiger partial charge on any atom is -0.302 e. The van der Waals surface area contributed by atoms with Gasteiger partial charge in [-0.1, -0.05) is 65.7 Å². The maximum absolute atomic E-state index is 12.5. The van der Waals surface area contributed by atoms with Crippen molar-refractivity contribution in [1.82, 2.24) is 0 Å². The third-order valence-electron chi connectivity index (χ3n) is 7.15. The Morgan fingerprint density at radius 2 is 0.680 bits per heavy atom. The first-order chi connectivity index (χ1) is 12.2. The normalized spacial score (nSPS) is 28.2. The summed E-state index contributed by atoms with van der Waals surface area (Å²) in [4.78, 5) is 37.5. The van der Waals surface area contributed by atoms with Gasteiger partial charge in [0.25, 0.3) is 0 Å². The molecule has 0 N–H and O–H groups in total. The van der Waals surface area contributed by atoms with Gasteiger partial charge in [-0.15, -0.1) is 0 Å². The topological polar surface area (TPSA) is 51.2 Å². The third-order valence-corrected chi connectivity index (χ3v) is 11.5. The maximum atomic E-state index is 12.5. The lowest BCUT2D eigenvalue weighted by atomic mass is 9.87. The van der Waals surface area contributed by atoms with Gasteiger partial charge in [0.1, 0.15) is 18.9 Å². The third kappa shape index (κ3) is 3.38. The molecule has 3 aliphatic rings. The molecule has 0 aromatic rings. The Morgan fingerprint density at radius 3 is 0.880 bits per heavy atom. The van der Waals surface area contributed by atoms with Crippen molar-refractivity contribution in [3.05, 3.63) is 0 Å². The molecule has 0 amide bonds. The van der Waals surface area contributed by atoms with Crippen molar-refractivity contribution in [2.24, 2.45) is 0 Å². The fourth-order valence-corrected chi connectivity index (χ4v) is 11.3. The highest BCUT2D eigenvalue weighted by Crippen LogP contribution is 2.74. The molecular formula is C21H33O3P. The van der Waals surface area contributed by atoms with Gasteiger partial charge in [0.15, 0.2) is 0 Å². The number of rotatable bonds is 6. The first kappa shape index (κ1) is 19.2. The van der Waals surface area contributed by atoms with Gasteiger partial charge in [-0.05, 0) is 38.5 Å². The Balaban J connectivity index is 2.11. The molecule has 25 heavy (non-hydrogen) atoms. The summed E-state index contributed by atoms with van der Waals surface area (Å²) in [6.45, 7) is 0. The summed E-state index contributed by atoms with van der Waals surface area (Å²) in [6, 6.07) is 0. The molecule has 3 nitrogen and oxygen atoms in total. The maximum Gasteiger partial charge on any atom is 0.130 e. The molecule has 0 heterocycles. The summed E-state index contributed by atoms with van der Waals surface area (Å²) in [6.07, 6.45) is 19.0. The fourth-order valence-electron chi connectivity index (χ4n) is 6.00. The second-order valence-corrected chi connectivity index (χ2v) is 12.0. The summed E-state index contributed by atoms with van der Waals surface area (Å²) < 4.78 is 0. The standard InChI is InChI=1S/C21H33O3P/c22-16-19(10-4-1-5-11-19)25(20(17-23)12-6-2-7-13-20)21(18-24)14-8-3-9-15-21/h16-18H,1-15H2. The van der Waals surface area contributed by atoms with E-state index in [0.29, 0.717) is 0 Å². The average molecular weight is 364 g/mol. The highest BCUT2D eigenvalue weighted by atomic mass is 31.1. The van der Waals surface area contributed by atoms with Crippen molar-refractivity contribution in [3.63, 3.8) is 0 Å². The number of hydrogen-bond acceptors (Lipinski definition) is 3. The van der Waals surface area contributed by atoms with E-state index in [1.54, 1.807) is 0 Å². The Bertz CT molecular complexity index is 412. The van der Waals surface area contributed by atoms with Crippen LogP contribution in [0.3, 0.4) is 0 Å². The predicted octanol–water partition coefficient (Wildman–Crippen LogP) is 5.17. The largest absolute Gasteiger partial charge is 0.302 e. The van der Waals surface area contributed by atoms with Crippen molar-refractivity contribution in [2.75, 3.05) is 0 Å². The summed E-state index contributed by atoms with van der Waals surface area (Å²) in [7, 11) is -0.972. The molecule has 0 spiro atoms. The predicted molar refractivity (Wildman–Crippen MR) is 103 cm³/mol. The number of hydrogen-bond donors (Lipinski definition) is 0. The van der Waals surface area contributed by atoms with Crippen LogP contribution < -0.4 is 0 Å². The average Bonchev–Trinajstić information content (AvgIpc) is 2.70. The van der Waals surface area contributed by atoms with E-state index in [0.717, 1.165) is 77.0 Å². The first-order valence-corrected chi connectivity index (χ1v) is 11.7.